The third-order valence-electron chi connectivity index (χ3n) is 1.28. The molecule has 0 heterocycles. The number of hydrogen-bond acceptors (Lipinski definition) is 3. The van der Waals surface area contributed by atoms with Crippen molar-refractivity contribution in [2.45, 2.75) is 32.1 Å². The second-order valence-electron chi connectivity index (χ2n) is 2.70. The third-order valence-corrected chi connectivity index (χ3v) is 2.51. The summed E-state index contributed by atoms with van der Waals surface area (Å²) >= 11 is 1.90. The Bertz CT molecular complexity index is 88.2. The molecule has 0 aliphatic rings. The van der Waals surface area contributed by atoms with Gasteiger partial charge >= 0.3 is 0 Å². The Hall–Kier alpha value is 0.270. The molecule has 0 aliphatic carbocycles. The summed E-state index contributed by atoms with van der Waals surface area (Å²) in [7, 11) is 0. The van der Waals surface area contributed by atoms with E-state index in [-0.39, 0.29) is 6.10 Å². The van der Waals surface area contributed by atoms with Crippen LogP contribution in [0.3, 0.4) is 0 Å². The molecular weight excluding hydrogens is 158 g/mol. The highest BCUT2D eigenvalue weighted by Crippen LogP contribution is 2.11. The lowest BCUT2D eigenvalue weighted by molar-refractivity contribution is 0.0858. The first-order valence-electron chi connectivity index (χ1n) is 4.14. The molecule has 0 aromatic carbocycles. The lowest BCUT2D eigenvalue weighted by Gasteiger charge is -2.15. The Morgan fingerprint density at radius 1 is 1.45 bits per heavy atom. The van der Waals surface area contributed by atoms with E-state index in [2.05, 4.69) is 13.8 Å². The molecule has 3 heteroatoms. The lowest BCUT2D eigenvalue weighted by Crippen LogP contribution is -2.26. The van der Waals surface area contributed by atoms with Crippen LogP contribution >= 0.6 is 11.8 Å². The van der Waals surface area contributed by atoms with Gasteiger partial charge < -0.3 is 10.5 Å². The van der Waals surface area contributed by atoms with Gasteiger partial charge in [-0.05, 0) is 12.2 Å². The van der Waals surface area contributed by atoms with Gasteiger partial charge in [-0.3, -0.25) is 0 Å². The molecule has 2 N–H and O–H groups in total. The molecule has 0 radical (unpaired) electrons. The molecule has 0 saturated heterocycles. The molecule has 0 aromatic rings. The first-order chi connectivity index (χ1) is 5.20. The van der Waals surface area contributed by atoms with Crippen molar-refractivity contribution in [1.82, 2.24) is 0 Å². The number of thioether (sulfide) groups is 1. The number of hydrogen-bond donors (Lipinski definition) is 1. The molecule has 0 spiro atoms. The molecule has 68 valence electrons. The average Bonchev–Trinajstić information content (AvgIpc) is 1.97. The van der Waals surface area contributed by atoms with Gasteiger partial charge in [0.05, 0.1) is 6.10 Å². The first-order valence-corrected chi connectivity index (χ1v) is 5.18. The number of ether oxygens (including phenoxy) is 1. The minimum absolute atomic E-state index is 0.243. The maximum absolute atomic E-state index is 5.51. The van der Waals surface area contributed by atoms with Crippen molar-refractivity contribution in [3.8, 4) is 0 Å². The van der Waals surface area contributed by atoms with Crippen LogP contribution < -0.4 is 5.73 Å². The maximum atomic E-state index is 5.51. The SMILES string of the molecule is CCOC(CN)CSC(C)C. The summed E-state index contributed by atoms with van der Waals surface area (Å²) in [5, 5.41) is 0.671. The molecule has 1 unspecified atom stereocenters. The van der Waals surface area contributed by atoms with Crippen LogP contribution in [0.4, 0.5) is 0 Å². The van der Waals surface area contributed by atoms with Crippen molar-refractivity contribution in [1.29, 1.82) is 0 Å². The predicted molar refractivity (Wildman–Crippen MR) is 52.1 cm³/mol. The Balaban J connectivity index is 3.35. The quantitative estimate of drug-likeness (QED) is 0.667. The van der Waals surface area contributed by atoms with E-state index in [1.807, 2.05) is 18.7 Å². The lowest BCUT2D eigenvalue weighted by atomic mass is 10.4. The summed E-state index contributed by atoms with van der Waals surface area (Å²) in [5.41, 5.74) is 5.51. The van der Waals surface area contributed by atoms with Gasteiger partial charge in [0.25, 0.3) is 0 Å². The molecule has 0 saturated carbocycles. The molecule has 0 bridgehead atoms. The van der Waals surface area contributed by atoms with Crippen LogP contribution in [0.15, 0.2) is 0 Å². The van der Waals surface area contributed by atoms with Crippen LogP contribution in [0.1, 0.15) is 20.8 Å². The highest BCUT2D eigenvalue weighted by Gasteiger charge is 2.06. The van der Waals surface area contributed by atoms with Crippen molar-refractivity contribution in [2.75, 3.05) is 18.9 Å². The summed E-state index contributed by atoms with van der Waals surface area (Å²) in [6, 6.07) is 0. The standard InChI is InChI=1S/C8H19NOS/c1-4-10-8(5-9)6-11-7(2)3/h7-8H,4-6,9H2,1-3H3. The fraction of sp³-hybridized carbons (Fsp3) is 1.00. The zero-order chi connectivity index (χ0) is 8.69. The summed E-state index contributed by atoms with van der Waals surface area (Å²) in [6.07, 6.45) is 0.243. The molecule has 0 aromatic heterocycles. The highest BCUT2D eigenvalue weighted by molar-refractivity contribution is 7.99. The van der Waals surface area contributed by atoms with Crippen molar-refractivity contribution in [3.63, 3.8) is 0 Å². The smallest absolute Gasteiger partial charge is 0.0787 e. The summed E-state index contributed by atoms with van der Waals surface area (Å²) < 4.78 is 5.40. The van der Waals surface area contributed by atoms with Crippen molar-refractivity contribution >= 4 is 11.8 Å². The van der Waals surface area contributed by atoms with Gasteiger partial charge in [0.1, 0.15) is 0 Å². The number of rotatable bonds is 6. The van der Waals surface area contributed by atoms with E-state index in [1.54, 1.807) is 0 Å². The zero-order valence-corrected chi connectivity index (χ0v) is 8.49. The van der Waals surface area contributed by atoms with Crippen LogP contribution in [0.2, 0.25) is 0 Å². The van der Waals surface area contributed by atoms with Gasteiger partial charge in [-0.25, -0.2) is 0 Å². The summed E-state index contributed by atoms with van der Waals surface area (Å²) in [6.45, 7) is 7.77. The normalized spacial score (nSPS) is 13.9. The van der Waals surface area contributed by atoms with Gasteiger partial charge in [0, 0.05) is 18.9 Å². The van der Waals surface area contributed by atoms with E-state index in [1.165, 1.54) is 0 Å². The Labute approximate surface area is 73.9 Å². The second-order valence-corrected chi connectivity index (χ2v) is 4.30. The van der Waals surface area contributed by atoms with E-state index in [9.17, 15) is 0 Å². The molecule has 2 nitrogen and oxygen atoms in total. The third kappa shape index (κ3) is 6.66. The van der Waals surface area contributed by atoms with Crippen LogP contribution in [-0.4, -0.2) is 30.3 Å². The molecule has 0 aliphatic heterocycles. The minimum atomic E-state index is 0.243. The largest absolute Gasteiger partial charge is 0.376 e. The van der Waals surface area contributed by atoms with Crippen molar-refractivity contribution in [2.24, 2.45) is 5.73 Å². The summed E-state index contributed by atoms with van der Waals surface area (Å²) in [5.74, 6) is 1.02. The molecule has 1 atom stereocenters. The molecule has 0 amide bonds. The van der Waals surface area contributed by atoms with E-state index >= 15 is 0 Å². The number of nitrogens with two attached hydrogens (primary N) is 1. The monoisotopic (exact) mass is 177 g/mol. The first kappa shape index (κ1) is 11.3. The molecular formula is C8H19NOS. The second kappa shape index (κ2) is 6.95. The molecule has 0 fully saturated rings. The van der Waals surface area contributed by atoms with Crippen LogP contribution in [-0.2, 0) is 4.74 Å². The highest BCUT2D eigenvalue weighted by atomic mass is 32.2. The fourth-order valence-electron chi connectivity index (χ4n) is 0.720. The minimum Gasteiger partial charge on any atom is -0.376 e. The maximum Gasteiger partial charge on any atom is 0.0787 e. The Kier molecular flexibility index (Phi) is 7.12. The van der Waals surface area contributed by atoms with E-state index in [4.69, 9.17) is 10.5 Å². The van der Waals surface area contributed by atoms with Crippen LogP contribution in [0.5, 0.6) is 0 Å². The molecule has 11 heavy (non-hydrogen) atoms. The van der Waals surface area contributed by atoms with Gasteiger partial charge in [-0.1, -0.05) is 13.8 Å². The van der Waals surface area contributed by atoms with Crippen LogP contribution in [0, 0.1) is 0 Å². The van der Waals surface area contributed by atoms with E-state index in [0.29, 0.717) is 11.8 Å². The van der Waals surface area contributed by atoms with Crippen molar-refractivity contribution in [3.05, 3.63) is 0 Å². The van der Waals surface area contributed by atoms with Crippen LogP contribution in [0.25, 0.3) is 0 Å². The van der Waals surface area contributed by atoms with Crippen molar-refractivity contribution < 1.29 is 4.74 Å². The van der Waals surface area contributed by atoms with Gasteiger partial charge in [-0.2, -0.15) is 11.8 Å². The summed E-state index contributed by atoms with van der Waals surface area (Å²) in [4.78, 5) is 0. The Morgan fingerprint density at radius 2 is 2.09 bits per heavy atom. The Morgan fingerprint density at radius 3 is 2.45 bits per heavy atom. The zero-order valence-electron chi connectivity index (χ0n) is 7.67. The fourth-order valence-corrected chi connectivity index (χ4v) is 1.55. The average molecular weight is 177 g/mol. The topological polar surface area (TPSA) is 35.2 Å². The van der Waals surface area contributed by atoms with E-state index < -0.39 is 0 Å². The molecule has 0 rings (SSSR count). The van der Waals surface area contributed by atoms with Gasteiger partial charge in [0.2, 0.25) is 0 Å². The van der Waals surface area contributed by atoms with Gasteiger partial charge in [0.15, 0.2) is 0 Å². The van der Waals surface area contributed by atoms with E-state index in [0.717, 1.165) is 12.4 Å². The van der Waals surface area contributed by atoms with Gasteiger partial charge in [-0.15, -0.1) is 0 Å². The predicted octanol–water partition coefficient (Wildman–Crippen LogP) is 1.49.